The van der Waals surface area contributed by atoms with Crippen molar-refractivity contribution in [3.8, 4) is 23.3 Å². The van der Waals surface area contributed by atoms with Gasteiger partial charge in [0.05, 0.1) is 0 Å². The summed E-state index contributed by atoms with van der Waals surface area (Å²) in [4.78, 5) is 16.8. The van der Waals surface area contributed by atoms with E-state index in [4.69, 9.17) is 5.73 Å². The minimum atomic E-state index is -0.581. The van der Waals surface area contributed by atoms with E-state index >= 15 is 0 Å². The van der Waals surface area contributed by atoms with Crippen molar-refractivity contribution in [2.45, 2.75) is 38.6 Å². The van der Waals surface area contributed by atoms with Crippen LogP contribution in [0.1, 0.15) is 49.8 Å². The highest BCUT2D eigenvalue weighted by Gasteiger charge is 2.34. The van der Waals surface area contributed by atoms with E-state index in [1.54, 1.807) is 0 Å². The van der Waals surface area contributed by atoms with E-state index in [1.807, 2.05) is 30.3 Å². The second-order valence-electron chi connectivity index (χ2n) is 7.47. The van der Waals surface area contributed by atoms with Crippen LogP contribution in [0.15, 0.2) is 23.0 Å². The van der Waals surface area contributed by atoms with Gasteiger partial charge in [-0.05, 0) is 49.4 Å². The van der Waals surface area contributed by atoms with E-state index in [1.165, 1.54) is 0 Å². The number of benzene rings is 1. The van der Waals surface area contributed by atoms with Crippen LogP contribution in [0.5, 0.6) is 0 Å². The summed E-state index contributed by atoms with van der Waals surface area (Å²) in [5.74, 6) is 0.294. The van der Waals surface area contributed by atoms with Crippen molar-refractivity contribution in [2.24, 2.45) is 0 Å². The van der Waals surface area contributed by atoms with E-state index in [0.29, 0.717) is 17.0 Å². The zero-order valence-corrected chi connectivity index (χ0v) is 15.3. The van der Waals surface area contributed by atoms with Crippen molar-refractivity contribution in [3.63, 3.8) is 0 Å². The van der Waals surface area contributed by atoms with Crippen LogP contribution >= 0.6 is 0 Å². The molecule has 1 aromatic heterocycles. The Labute approximate surface area is 152 Å². The highest BCUT2D eigenvalue weighted by Crippen LogP contribution is 2.44. The monoisotopic (exact) mass is 347 g/mol. The maximum Gasteiger partial charge on any atom is 0.268 e. The van der Waals surface area contributed by atoms with Crippen molar-refractivity contribution in [3.05, 3.63) is 45.2 Å². The third-order valence-electron chi connectivity index (χ3n) is 5.39. The molecule has 0 amide bonds. The first-order valence-corrected chi connectivity index (χ1v) is 8.45. The van der Waals surface area contributed by atoms with Gasteiger partial charge in [-0.2, -0.15) is 10.5 Å². The van der Waals surface area contributed by atoms with Gasteiger partial charge in [0.2, 0.25) is 0 Å². The molecule has 0 spiro atoms. The fourth-order valence-corrected chi connectivity index (χ4v) is 3.86. The summed E-state index contributed by atoms with van der Waals surface area (Å²) < 4.78 is 0. The average Bonchev–Trinajstić information content (AvgIpc) is 2.58. The molecule has 0 bridgehead atoms. The second kappa shape index (κ2) is 5.93. The molecule has 2 aromatic rings. The van der Waals surface area contributed by atoms with E-state index < -0.39 is 5.56 Å². The average molecular weight is 347 g/mol. The SMILES string of the molecule is CC1CC(C)(C)N(C)c2ccc(-c3c(C#N)c(N)[nH]c(=O)c3C#N)cc21. The fraction of sp³-hybridized carbons (Fsp3) is 0.350. The number of nitriles is 2. The van der Waals surface area contributed by atoms with E-state index in [-0.39, 0.29) is 22.5 Å². The molecule has 2 heterocycles. The molecule has 26 heavy (non-hydrogen) atoms. The summed E-state index contributed by atoms with van der Waals surface area (Å²) in [5.41, 5.74) is 8.53. The molecule has 0 aliphatic carbocycles. The predicted molar refractivity (Wildman–Crippen MR) is 102 cm³/mol. The standard InChI is InChI=1S/C20H21N5O/c1-11-8-20(2,3)25(4)16-6-5-12(7-13(11)16)17-14(9-21)18(23)24-19(26)15(17)10-22/h5-7,11H,8H2,1-4H3,(H3,23,24,26). The van der Waals surface area contributed by atoms with Crippen LogP contribution in [0.2, 0.25) is 0 Å². The lowest BCUT2D eigenvalue weighted by Crippen LogP contribution is -2.45. The first-order chi connectivity index (χ1) is 12.2. The van der Waals surface area contributed by atoms with Crippen LogP contribution in [0, 0.1) is 22.7 Å². The van der Waals surface area contributed by atoms with Crippen molar-refractivity contribution in [2.75, 3.05) is 17.7 Å². The highest BCUT2D eigenvalue weighted by atomic mass is 16.1. The molecule has 3 rings (SSSR count). The Morgan fingerprint density at radius 1 is 1.27 bits per heavy atom. The van der Waals surface area contributed by atoms with Crippen LogP contribution in [0.25, 0.3) is 11.1 Å². The number of rotatable bonds is 1. The van der Waals surface area contributed by atoms with Gasteiger partial charge in [0.1, 0.15) is 29.1 Å². The zero-order valence-electron chi connectivity index (χ0n) is 15.3. The molecule has 1 aliphatic rings. The van der Waals surface area contributed by atoms with E-state index in [0.717, 1.165) is 17.7 Å². The number of H-pyrrole nitrogens is 1. The Morgan fingerprint density at radius 2 is 1.92 bits per heavy atom. The molecule has 0 saturated carbocycles. The first kappa shape index (κ1) is 17.6. The van der Waals surface area contributed by atoms with Gasteiger partial charge >= 0.3 is 0 Å². The number of hydrogen-bond donors (Lipinski definition) is 2. The number of aromatic amines is 1. The van der Waals surface area contributed by atoms with Crippen LogP contribution < -0.4 is 16.2 Å². The number of anilines is 2. The normalized spacial score (nSPS) is 17.9. The Balaban J connectivity index is 2.30. The van der Waals surface area contributed by atoms with Crippen LogP contribution in [0.3, 0.4) is 0 Å². The number of nitrogen functional groups attached to an aromatic ring is 1. The van der Waals surface area contributed by atoms with E-state index in [2.05, 4.69) is 37.7 Å². The molecule has 0 fully saturated rings. The highest BCUT2D eigenvalue weighted by molar-refractivity contribution is 5.82. The minimum Gasteiger partial charge on any atom is -0.384 e. The largest absolute Gasteiger partial charge is 0.384 e. The number of nitrogens with two attached hydrogens (primary N) is 1. The molecule has 1 unspecified atom stereocenters. The summed E-state index contributed by atoms with van der Waals surface area (Å²) in [6.45, 7) is 6.58. The number of hydrogen-bond acceptors (Lipinski definition) is 5. The predicted octanol–water partition coefficient (Wildman–Crippen LogP) is 3.09. The second-order valence-corrected chi connectivity index (χ2v) is 7.47. The van der Waals surface area contributed by atoms with Gasteiger partial charge < -0.3 is 15.6 Å². The number of nitrogens with one attached hydrogen (secondary N) is 1. The number of aromatic nitrogens is 1. The lowest BCUT2D eigenvalue weighted by Gasteiger charge is -2.45. The van der Waals surface area contributed by atoms with E-state index in [9.17, 15) is 15.3 Å². The molecule has 1 aliphatic heterocycles. The Hall–Kier alpha value is -3.25. The van der Waals surface area contributed by atoms with Crippen molar-refractivity contribution in [1.29, 1.82) is 10.5 Å². The van der Waals surface area contributed by atoms with Crippen molar-refractivity contribution < 1.29 is 0 Å². The van der Waals surface area contributed by atoms with Gasteiger partial charge in [0, 0.05) is 23.8 Å². The number of fused-ring (bicyclic) bond motifs is 1. The van der Waals surface area contributed by atoms with Crippen molar-refractivity contribution >= 4 is 11.5 Å². The van der Waals surface area contributed by atoms with Crippen LogP contribution in [-0.4, -0.2) is 17.6 Å². The van der Waals surface area contributed by atoms with Crippen LogP contribution in [-0.2, 0) is 0 Å². The van der Waals surface area contributed by atoms with Gasteiger partial charge in [-0.25, -0.2) is 0 Å². The maximum atomic E-state index is 12.1. The third-order valence-corrected chi connectivity index (χ3v) is 5.39. The minimum absolute atomic E-state index is 0.0180. The Kier molecular flexibility index (Phi) is 4.00. The lowest BCUT2D eigenvalue weighted by atomic mass is 9.79. The summed E-state index contributed by atoms with van der Waals surface area (Å²) in [6, 6.07) is 9.75. The van der Waals surface area contributed by atoms with Gasteiger partial charge in [0.15, 0.2) is 0 Å². The van der Waals surface area contributed by atoms with Gasteiger partial charge in [0.25, 0.3) is 5.56 Å². The summed E-state index contributed by atoms with van der Waals surface area (Å²) in [6.07, 6.45) is 0.980. The Bertz CT molecular complexity index is 1040. The zero-order chi connectivity index (χ0) is 19.2. The van der Waals surface area contributed by atoms with Crippen LogP contribution in [0.4, 0.5) is 11.5 Å². The quantitative estimate of drug-likeness (QED) is 0.823. The summed E-state index contributed by atoms with van der Waals surface area (Å²) in [5, 5.41) is 18.9. The maximum absolute atomic E-state index is 12.1. The molecule has 0 saturated heterocycles. The topological polar surface area (TPSA) is 110 Å². The molecule has 6 nitrogen and oxygen atoms in total. The summed E-state index contributed by atoms with van der Waals surface area (Å²) in [7, 11) is 2.07. The fourth-order valence-electron chi connectivity index (χ4n) is 3.86. The Morgan fingerprint density at radius 3 is 2.54 bits per heavy atom. The molecule has 0 radical (unpaired) electrons. The molecule has 6 heteroatoms. The molecule has 3 N–H and O–H groups in total. The molecule has 1 aromatic carbocycles. The smallest absolute Gasteiger partial charge is 0.268 e. The van der Waals surface area contributed by atoms with Gasteiger partial charge in [-0.15, -0.1) is 0 Å². The number of pyridine rings is 1. The van der Waals surface area contributed by atoms with Gasteiger partial charge in [-0.3, -0.25) is 4.79 Å². The van der Waals surface area contributed by atoms with Gasteiger partial charge in [-0.1, -0.05) is 13.0 Å². The lowest BCUT2D eigenvalue weighted by molar-refractivity contribution is 0.395. The van der Waals surface area contributed by atoms with Crippen molar-refractivity contribution in [1.82, 2.24) is 4.98 Å². The number of nitrogens with zero attached hydrogens (tertiary/aromatic N) is 3. The molecule has 132 valence electrons. The summed E-state index contributed by atoms with van der Waals surface area (Å²) >= 11 is 0. The molecular weight excluding hydrogens is 326 g/mol. The molecular formula is C20H21N5O. The third kappa shape index (κ3) is 2.51. The first-order valence-electron chi connectivity index (χ1n) is 8.45. The molecule has 1 atom stereocenters.